The molecule has 3 nitrogen and oxygen atoms in total. The molecule has 0 aromatic heterocycles. The molecular weight excluding hydrogens is 407 g/mol. The zero-order valence-electron chi connectivity index (χ0n) is 11.2. The number of methoxy groups -OCH3 is 1. The number of aliphatic hydroxyl groups excluding tert-OH is 1. The predicted molar refractivity (Wildman–Crippen MR) is 85.0 cm³/mol. The lowest BCUT2D eigenvalue weighted by atomic mass is 10.2. The molecule has 1 N–H and O–H groups in total. The summed E-state index contributed by atoms with van der Waals surface area (Å²) in [5.41, 5.74) is 1.53. The highest BCUT2D eigenvalue weighted by molar-refractivity contribution is 9.10. The first kappa shape index (κ1) is 16.3. The van der Waals surface area contributed by atoms with Gasteiger partial charge < -0.3 is 14.6 Å². The molecule has 21 heavy (non-hydrogen) atoms. The highest BCUT2D eigenvalue weighted by Gasteiger charge is 2.12. The van der Waals surface area contributed by atoms with Crippen molar-refractivity contribution in [3.63, 3.8) is 0 Å². The Hall–Kier alpha value is -1.11. The average Bonchev–Trinajstić information content (AvgIpc) is 2.46. The zero-order valence-corrected chi connectivity index (χ0v) is 14.4. The van der Waals surface area contributed by atoms with Gasteiger partial charge in [-0.3, -0.25) is 0 Å². The molecule has 0 radical (unpaired) electrons. The summed E-state index contributed by atoms with van der Waals surface area (Å²) in [6.45, 7) is 0.174. The molecule has 0 saturated carbocycles. The van der Waals surface area contributed by atoms with Gasteiger partial charge in [0, 0.05) is 10.0 Å². The molecule has 0 aliphatic heterocycles. The van der Waals surface area contributed by atoms with Gasteiger partial charge in [0.05, 0.1) is 18.2 Å². The number of benzene rings is 2. The smallest absolute Gasteiger partial charge is 0.175 e. The molecule has 112 valence electrons. The normalized spacial score (nSPS) is 10.5. The minimum Gasteiger partial charge on any atom is -0.493 e. The summed E-state index contributed by atoms with van der Waals surface area (Å²) >= 11 is 6.70. The standard InChI is InChI=1S/C15H13Br2FO3/c1-20-14-5-9(7-19)4-13(17)15(14)21-8-10-2-3-11(18)6-12(10)16/h2-6,19H,7-8H2,1H3. The van der Waals surface area contributed by atoms with Crippen LogP contribution in [0.15, 0.2) is 39.3 Å². The molecular formula is C15H13Br2FO3. The van der Waals surface area contributed by atoms with E-state index in [4.69, 9.17) is 9.47 Å². The number of ether oxygens (including phenoxy) is 2. The van der Waals surface area contributed by atoms with E-state index >= 15 is 0 Å². The number of aliphatic hydroxyl groups is 1. The van der Waals surface area contributed by atoms with Crippen molar-refractivity contribution in [1.82, 2.24) is 0 Å². The maximum absolute atomic E-state index is 13.1. The van der Waals surface area contributed by atoms with Crippen LogP contribution < -0.4 is 9.47 Å². The predicted octanol–water partition coefficient (Wildman–Crippen LogP) is 4.43. The van der Waals surface area contributed by atoms with Gasteiger partial charge in [0.2, 0.25) is 0 Å². The lowest BCUT2D eigenvalue weighted by Gasteiger charge is -2.14. The lowest BCUT2D eigenvalue weighted by molar-refractivity contribution is 0.272. The first-order chi connectivity index (χ1) is 10.0. The average molecular weight is 420 g/mol. The Morgan fingerprint density at radius 1 is 1.14 bits per heavy atom. The Bertz CT molecular complexity index is 647. The minimum absolute atomic E-state index is 0.0846. The third kappa shape index (κ3) is 3.96. The molecule has 0 amide bonds. The Balaban J connectivity index is 2.23. The molecule has 0 atom stereocenters. The van der Waals surface area contributed by atoms with Crippen molar-refractivity contribution in [2.24, 2.45) is 0 Å². The maximum Gasteiger partial charge on any atom is 0.175 e. The van der Waals surface area contributed by atoms with Crippen LogP contribution in [0.5, 0.6) is 11.5 Å². The van der Waals surface area contributed by atoms with Crippen molar-refractivity contribution >= 4 is 31.9 Å². The van der Waals surface area contributed by atoms with Crippen LogP contribution in [0.1, 0.15) is 11.1 Å². The first-order valence-electron chi connectivity index (χ1n) is 6.09. The Labute approximate surface area is 139 Å². The van der Waals surface area contributed by atoms with Crippen LogP contribution in [0, 0.1) is 5.82 Å². The van der Waals surface area contributed by atoms with E-state index in [2.05, 4.69) is 31.9 Å². The van der Waals surface area contributed by atoms with Crippen molar-refractivity contribution in [3.05, 3.63) is 56.2 Å². The monoisotopic (exact) mass is 418 g/mol. The maximum atomic E-state index is 13.1. The summed E-state index contributed by atoms with van der Waals surface area (Å²) in [6, 6.07) is 7.89. The summed E-state index contributed by atoms with van der Waals surface area (Å²) < 4.78 is 25.4. The van der Waals surface area contributed by atoms with E-state index in [0.717, 1.165) is 5.56 Å². The topological polar surface area (TPSA) is 38.7 Å². The lowest BCUT2D eigenvalue weighted by Crippen LogP contribution is -2.00. The fraction of sp³-hybridized carbons (Fsp3) is 0.200. The zero-order chi connectivity index (χ0) is 15.4. The summed E-state index contributed by atoms with van der Waals surface area (Å²) in [5, 5.41) is 9.18. The van der Waals surface area contributed by atoms with Gasteiger partial charge in [-0.05, 0) is 45.8 Å². The molecule has 0 heterocycles. The molecule has 0 aliphatic carbocycles. The molecule has 2 rings (SSSR count). The van der Waals surface area contributed by atoms with Crippen LogP contribution in [-0.2, 0) is 13.2 Å². The van der Waals surface area contributed by atoms with Gasteiger partial charge in [-0.15, -0.1) is 0 Å². The molecule has 2 aromatic carbocycles. The Morgan fingerprint density at radius 3 is 2.52 bits per heavy atom. The van der Waals surface area contributed by atoms with Gasteiger partial charge in [0.25, 0.3) is 0 Å². The van der Waals surface area contributed by atoms with Gasteiger partial charge in [-0.25, -0.2) is 4.39 Å². The SMILES string of the molecule is COc1cc(CO)cc(Br)c1OCc1ccc(F)cc1Br. The van der Waals surface area contributed by atoms with E-state index < -0.39 is 0 Å². The highest BCUT2D eigenvalue weighted by atomic mass is 79.9. The van der Waals surface area contributed by atoms with Crippen LogP contribution in [0.3, 0.4) is 0 Å². The van der Waals surface area contributed by atoms with E-state index in [-0.39, 0.29) is 19.0 Å². The number of hydrogen-bond acceptors (Lipinski definition) is 3. The van der Waals surface area contributed by atoms with E-state index in [1.54, 1.807) is 18.2 Å². The van der Waals surface area contributed by atoms with Crippen LogP contribution in [0.4, 0.5) is 4.39 Å². The molecule has 0 aliphatic rings. The third-order valence-corrected chi connectivity index (χ3v) is 4.19. The molecule has 0 fully saturated rings. The third-order valence-electron chi connectivity index (χ3n) is 2.86. The Morgan fingerprint density at radius 2 is 1.90 bits per heavy atom. The van der Waals surface area contributed by atoms with Crippen molar-refractivity contribution in [1.29, 1.82) is 0 Å². The minimum atomic E-state index is -0.309. The van der Waals surface area contributed by atoms with Crippen LogP contribution >= 0.6 is 31.9 Å². The van der Waals surface area contributed by atoms with E-state index in [1.807, 2.05) is 0 Å². The van der Waals surface area contributed by atoms with Crippen LogP contribution in [0.2, 0.25) is 0 Å². The molecule has 2 aromatic rings. The van der Waals surface area contributed by atoms with E-state index in [0.29, 0.717) is 26.0 Å². The van der Waals surface area contributed by atoms with Crippen molar-refractivity contribution < 1.29 is 19.0 Å². The van der Waals surface area contributed by atoms with Crippen LogP contribution in [-0.4, -0.2) is 12.2 Å². The summed E-state index contributed by atoms with van der Waals surface area (Å²) in [4.78, 5) is 0. The second-order valence-corrected chi connectivity index (χ2v) is 6.00. The second kappa shape index (κ2) is 7.24. The molecule has 0 bridgehead atoms. The number of hydrogen-bond donors (Lipinski definition) is 1. The summed E-state index contributed by atoms with van der Waals surface area (Å²) in [6.07, 6.45) is 0. The largest absolute Gasteiger partial charge is 0.493 e. The van der Waals surface area contributed by atoms with Gasteiger partial charge in [-0.1, -0.05) is 22.0 Å². The van der Waals surface area contributed by atoms with Gasteiger partial charge in [0.1, 0.15) is 12.4 Å². The van der Waals surface area contributed by atoms with Gasteiger partial charge in [0.15, 0.2) is 11.5 Å². The fourth-order valence-corrected chi connectivity index (χ4v) is 2.86. The van der Waals surface area contributed by atoms with E-state index in [1.165, 1.54) is 19.2 Å². The van der Waals surface area contributed by atoms with E-state index in [9.17, 15) is 9.50 Å². The first-order valence-corrected chi connectivity index (χ1v) is 7.67. The highest BCUT2D eigenvalue weighted by Crippen LogP contribution is 2.37. The molecule has 0 saturated heterocycles. The quantitative estimate of drug-likeness (QED) is 0.778. The second-order valence-electron chi connectivity index (χ2n) is 4.29. The number of rotatable bonds is 5. The fourth-order valence-electron chi connectivity index (χ4n) is 1.79. The molecule has 6 heteroatoms. The van der Waals surface area contributed by atoms with Crippen molar-refractivity contribution in [3.8, 4) is 11.5 Å². The summed E-state index contributed by atoms with van der Waals surface area (Å²) in [7, 11) is 1.53. The van der Waals surface area contributed by atoms with Crippen molar-refractivity contribution in [2.75, 3.05) is 7.11 Å². The Kier molecular flexibility index (Phi) is 5.61. The summed E-state index contributed by atoms with van der Waals surface area (Å²) in [5.74, 6) is 0.745. The molecule has 0 spiro atoms. The molecule has 0 unspecified atom stereocenters. The van der Waals surface area contributed by atoms with Crippen molar-refractivity contribution in [2.45, 2.75) is 13.2 Å². The number of halogens is 3. The van der Waals surface area contributed by atoms with Gasteiger partial charge in [-0.2, -0.15) is 0 Å². The van der Waals surface area contributed by atoms with Gasteiger partial charge >= 0.3 is 0 Å². The van der Waals surface area contributed by atoms with Crippen LogP contribution in [0.25, 0.3) is 0 Å².